The number of nitrogens with one attached hydrogen (secondary N) is 1. The summed E-state index contributed by atoms with van der Waals surface area (Å²) in [5.41, 5.74) is 3.15. The van der Waals surface area contributed by atoms with Crippen molar-refractivity contribution >= 4 is 0 Å². The van der Waals surface area contributed by atoms with Crippen LogP contribution in [0.4, 0.5) is 0 Å². The third-order valence-electron chi connectivity index (χ3n) is 3.73. The van der Waals surface area contributed by atoms with Gasteiger partial charge < -0.3 is 14.6 Å². The van der Waals surface area contributed by atoms with E-state index in [1.807, 2.05) is 38.4 Å². The SMILES string of the molecule is CNC(C)c1ccc(OC)c(Cn2ccc(C)cc2=O)c1. The zero-order valence-electron chi connectivity index (χ0n) is 13.0. The molecule has 21 heavy (non-hydrogen) atoms. The quantitative estimate of drug-likeness (QED) is 0.918. The summed E-state index contributed by atoms with van der Waals surface area (Å²) in [6.07, 6.45) is 1.82. The van der Waals surface area contributed by atoms with Gasteiger partial charge in [0, 0.05) is 23.9 Å². The summed E-state index contributed by atoms with van der Waals surface area (Å²) in [6, 6.07) is 9.93. The van der Waals surface area contributed by atoms with E-state index < -0.39 is 0 Å². The van der Waals surface area contributed by atoms with Crippen molar-refractivity contribution < 1.29 is 4.74 Å². The highest BCUT2D eigenvalue weighted by molar-refractivity contribution is 5.38. The average molecular weight is 286 g/mol. The predicted molar refractivity (Wildman–Crippen MR) is 85.0 cm³/mol. The van der Waals surface area contributed by atoms with Crippen LogP contribution in [0.3, 0.4) is 0 Å². The van der Waals surface area contributed by atoms with Crippen molar-refractivity contribution in [3.63, 3.8) is 0 Å². The first-order valence-corrected chi connectivity index (χ1v) is 7.06. The summed E-state index contributed by atoms with van der Waals surface area (Å²) in [4.78, 5) is 12.0. The van der Waals surface area contributed by atoms with Crippen molar-refractivity contribution in [1.82, 2.24) is 9.88 Å². The molecule has 0 radical (unpaired) electrons. The molecule has 0 saturated carbocycles. The van der Waals surface area contributed by atoms with Crippen molar-refractivity contribution in [2.24, 2.45) is 0 Å². The van der Waals surface area contributed by atoms with E-state index in [4.69, 9.17) is 4.74 Å². The molecule has 4 heteroatoms. The first-order valence-electron chi connectivity index (χ1n) is 7.06. The molecular weight excluding hydrogens is 264 g/mol. The number of hydrogen-bond donors (Lipinski definition) is 1. The van der Waals surface area contributed by atoms with E-state index in [-0.39, 0.29) is 11.6 Å². The number of rotatable bonds is 5. The lowest BCUT2D eigenvalue weighted by Crippen LogP contribution is -2.20. The van der Waals surface area contributed by atoms with Crippen LogP contribution < -0.4 is 15.6 Å². The van der Waals surface area contributed by atoms with Crippen molar-refractivity contribution in [2.45, 2.75) is 26.4 Å². The van der Waals surface area contributed by atoms with Gasteiger partial charge in [-0.2, -0.15) is 0 Å². The molecule has 0 saturated heterocycles. The molecule has 1 aromatic heterocycles. The second-order valence-electron chi connectivity index (χ2n) is 5.25. The van der Waals surface area contributed by atoms with Crippen LogP contribution in [0.25, 0.3) is 0 Å². The predicted octanol–water partition coefficient (Wildman–Crippen LogP) is 2.49. The molecule has 1 heterocycles. The molecular formula is C17H22N2O2. The Morgan fingerprint density at radius 1 is 1.29 bits per heavy atom. The molecule has 1 unspecified atom stereocenters. The summed E-state index contributed by atoms with van der Waals surface area (Å²) >= 11 is 0. The van der Waals surface area contributed by atoms with Gasteiger partial charge in [-0.1, -0.05) is 6.07 Å². The van der Waals surface area contributed by atoms with E-state index in [9.17, 15) is 4.79 Å². The highest BCUT2D eigenvalue weighted by Crippen LogP contribution is 2.23. The van der Waals surface area contributed by atoms with Gasteiger partial charge in [-0.3, -0.25) is 4.79 Å². The Morgan fingerprint density at radius 3 is 2.67 bits per heavy atom. The van der Waals surface area contributed by atoms with Gasteiger partial charge in [0.25, 0.3) is 5.56 Å². The van der Waals surface area contributed by atoms with Gasteiger partial charge in [0.15, 0.2) is 0 Å². The largest absolute Gasteiger partial charge is 0.496 e. The second kappa shape index (κ2) is 6.59. The van der Waals surface area contributed by atoms with E-state index in [0.717, 1.165) is 16.9 Å². The molecule has 1 aromatic carbocycles. The standard InChI is InChI=1S/C17H22N2O2/c1-12-7-8-19(17(20)9-12)11-15-10-14(13(2)18-3)5-6-16(15)21-4/h5-10,13,18H,11H2,1-4H3. The lowest BCUT2D eigenvalue weighted by atomic mass is 10.0. The van der Waals surface area contributed by atoms with Crippen LogP contribution in [0.5, 0.6) is 5.75 Å². The monoisotopic (exact) mass is 286 g/mol. The topological polar surface area (TPSA) is 43.3 Å². The van der Waals surface area contributed by atoms with Crippen molar-refractivity contribution in [1.29, 1.82) is 0 Å². The Morgan fingerprint density at radius 2 is 2.05 bits per heavy atom. The van der Waals surface area contributed by atoms with Gasteiger partial charge in [0.2, 0.25) is 0 Å². The molecule has 0 bridgehead atoms. The fourth-order valence-corrected chi connectivity index (χ4v) is 2.28. The Balaban J connectivity index is 2.39. The minimum absolute atomic E-state index is 0.00382. The number of ether oxygens (including phenoxy) is 1. The highest BCUT2D eigenvalue weighted by atomic mass is 16.5. The molecule has 112 valence electrons. The van der Waals surface area contributed by atoms with Gasteiger partial charge in [0.1, 0.15) is 5.75 Å². The molecule has 0 aliphatic heterocycles. The zero-order chi connectivity index (χ0) is 15.4. The maximum Gasteiger partial charge on any atom is 0.251 e. The van der Waals surface area contributed by atoms with Gasteiger partial charge in [0.05, 0.1) is 13.7 Å². The molecule has 0 spiro atoms. The minimum atomic E-state index is 0.00382. The molecule has 0 amide bonds. The fourth-order valence-electron chi connectivity index (χ4n) is 2.28. The van der Waals surface area contributed by atoms with Crippen LogP contribution in [0.2, 0.25) is 0 Å². The van der Waals surface area contributed by atoms with Crippen LogP contribution in [-0.2, 0) is 6.54 Å². The van der Waals surface area contributed by atoms with E-state index in [0.29, 0.717) is 6.54 Å². The first kappa shape index (κ1) is 15.3. The maximum absolute atomic E-state index is 12.0. The smallest absolute Gasteiger partial charge is 0.251 e. The Labute approximate surface area is 125 Å². The van der Waals surface area contributed by atoms with Gasteiger partial charge in [-0.05, 0) is 50.2 Å². The number of methoxy groups -OCH3 is 1. The Kier molecular flexibility index (Phi) is 4.81. The molecule has 2 rings (SSSR count). The maximum atomic E-state index is 12.0. The summed E-state index contributed by atoms with van der Waals surface area (Å²) in [5.74, 6) is 0.800. The fraction of sp³-hybridized carbons (Fsp3) is 0.353. The number of aromatic nitrogens is 1. The second-order valence-corrected chi connectivity index (χ2v) is 5.25. The van der Waals surface area contributed by atoms with Crippen LogP contribution >= 0.6 is 0 Å². The Bertz CT molecular complexity index is 677. The van der Waals surface area contributed by atoms with Crippen LogP contribution in [0.1, 0.15) is 29.7 Å². The lowest BCUT2D eigenvalue weighted by Gasteiger charge is -2.16. The molecule has 1 atom stereocenters. The van der Waals surface area contributed by atoms with Crippen molar-refractivity contribution in [3.8, 4) is 5.75 Å². The molecule has 4 nitrogen and oxygen atoms in total. The number of hydrogen-bond acceptors (Lipinski definition) is 3. The van der Waals surface area contributed by atoms with Crippen molar-refractivity contribution in [2.75, 3.05) is 14.2 Å². The van der Waals surface area contributed by atoms with Crippen LogP contribution in [0.15, 0.2) is 41.3 Å². The third-order valence-corrected chi connectivity index (χ3v) is 3.73. The zero-order valence-corrected chi connectivity index (χ0v) is 13.0. The van der Waals surface area contributed by atoms with Gasteiger partial charge in [-0.25, -0.2) is 0 Å². The summed E-state index contributed by atoms with van der Waals surface area (Å²) in [7, 11) is 3.58. The number of aryl methyl sites for hydroxylation is 1. The highest BCUT2D eigenvalue weighted by Gasteiger charge is 2.09. The average Bonchev–Trinajstić information content (AvgIpc) is 2.49. The van der Waals surface area contributed by atoms with Gasteiger partial charge in [-0.15, -0.1) is 0 Å². The third kappa shape index (κ3) is 3.52. The summed E-state index contributed by atoms with van der Waals surface area (Å²) in [5, 5.41) is 3.22. The molecule has 1 N–H and O–H groups in total. The molecule has 0 aliphatic rings. The van der Waals surface area contributed by atoms with Crippen molar-refractivity contribution in [3.05, 3.63) is 63.6 Å². The normalized spacial score (nSPS) is 12.2. The summed E-state index contributed by atoms with van der Waals surface area (Å²) < 4.78 is 7.11. The lowest BCUT2D eigenvalue weighted by molar-refractivity contribution is 0.407. The number of nitrogens with zero attached hydrogens (tertiary/aromatic N) is 1. The molecule has 0 aliphatic carbocycles. The van der Waals surface area contributed by atoms with Crippen LogP contribution in [0, 0.1) is 6.92 Å². The summed E-state index contributed by atoms with van der Waals surface area (Å²) in [6.45, 7) is 4.53. The van der Waals surface area contributed by atoms with E-state index >= 15 is 0 Å². The minimum Gasteiger partial charge on any atom is -0.496 e. The van der Waals surface area contributed by atoms with Gasteiger partial charge >= 0.3 is 0 Å². The number of pyridine rings is 1. The molecule has 0 fully saturated rings. The van der Waals surface area contributed by atoms with Crippen LogP contribution in [-0.4, -0.2) is 18.7 Å². The first-order chi connectivity index (χ1) is 10.0. The number of benzene rings is 1. The molecule has 2 aromatic rings. The van der Waals surface area contributed by atoms with E-state index in [1.165, 1.54) is 5.56 Å². The van der Waals surface area contributed by atoms with E-state index in [2.05, 4.69) is 18.3 Å². The van der Waals surface area contributed by atoms with E-state index in [1.54, 1.807) is 17.7 Å². The Hall–Kier alpha value is -2.07.